The summed E-state index contributed by atoms with van der Waals surface area (Å²) < 4.78 is 0. The number of nitriles is 1. The molecule has 1 aliphatic rings. The molecule has 1 amide bonds. The molecule has 0 spiro atoms. The van der Waals surface area contributed by atoms with E-state index in [1.165, 1.54) is 16.7 Å². The van der Waals surface area contributed by atoms with Crippen LogP contribution in [0.25, 0.3) is 10.9 Å². The first kappa shape index (κ1) is 15.9. The van der Waals surface area contributed by atoms with E-state index >= 15 is 0 Å². The van der Waals surface area contributed by atoms with Crippen molar-refractivity contribution in [2.45, 2.75) is 38.5 Å². The van der Waals surface area contributed by atoms with Crippen LogP contribution in [0.15, 0.2) is 30.5 Å². The molecule has 0 bridgehead atoms. The second-order valence-corrected chi connectivity index (χ2v) is 7.54. The minimum absolute atomic E-state index is 0.0274. The fourth-order valence-electron chi connectivity index (χ4n) is 3.55. The highest BCUT2D eigenvalue weighted by Crippen LogP contribution is 2.37. The zero-order chi connectivity index (χ0) is 17.2. The summed E-state index contributed by atoms with van der Waals surface area (Å²) in [6.45, 7) is 0. The molecule has 0 saturated heterocycles. The van der Waals surface area contributed by atoms with Gasteiger partial charge in [-0.05, 0) is 49.3 Å². The van der Waals surface area contributed by atoms with Gasteiger partial charge in [-0.15, -0.1) is 11.3 Å². The molecular formula is C20H19N3OS. The lowest BCUT2D eigenvalue weighted by molar-refractivity contribution is -0.116. The highest BCUT2D eigenvalue weighted by molar-refractivity contribution is 7.16. The number of nitrogens with zero attached hydrogens (tertiary/aromatic N) is 1. The number of hydrogen-bond acceptors (Lipinski definition) is 3. The van der Waals surface area contributed by atoms with Crippen LogP contribution in [-0.2, 0) is 24.1 Å². The fraction of sp³-hybridized carbons (Fsp3) is 0.300. The smallest absolute Gasteiger partial charge is 0.225 e. The summed E-state index contributed by atoms with van der Waals surface area (Å²) in [5.41, 5.74) is 4.08. The van der Waals surface area contributed by atoms with Gasteiger partial charge in [0.15, 0.2) is 0 Å². The predicted molar refractivity (Wildman–Crippen MR) is 101 cm³/mol. The van der Waals surface area contributed by atoms with Crippen LogP contribution in [0.1, 0.15) is 40.8 Å². The third-order valence-corrected chi connectivity index (χ3v) is 6.04. The van der Waals surface area contributed by atoms with E-state index in [2.05, 4.69) is 22.4 Å². The number of aromatic nitrogens is 1. The summed E-state index contributed by atoms with van der Waals surface area (Å²) >= 11 is 1.58. The summed E-state index contributed by atoms with van der Waals surface area (Å²) in [5.74, 6) is -0.0274. The lowest BCUT2D eigenvalue weighted by atomic mass is 9.96. The third kappa shape index (κ3) is 3.06. The SMILES string of the molecule is N#Cc1c(NC(=O)CCc2c[nH]c3ccccc23)sc2c1CCCC2. The van der Waals surface area contributed by atoms with Crippen LogP contribution < -0.4 is 5.32 Å². The van der Waals surface area contributed by atoms with E-state index in [0.717, 1.165) is 40.9 Å². The Morgan fingerprint density at radius 3 is 3.00 bits per heavy atom. The Bertz CT molecular complexity index is 977. The number of aryl methyl sites for hydroxylation is 2. The average molecular weight is 349 g/mol. The summed E-state index contributed by atoms with van der Waals surface area (Å²) in [7, 11) is 0. The summed E-state index contributed by atoms with van der Waals surface area (Å²) in [6, 6.07) is 10.4. The van der Waals surface area contributed by atoms with Gasteiger partial charge in [0.25, 0.3) is 0 Å². The number of aromatic amines is 1. The Kier molecular flexibility index (Phi) is 4.29. The number of fused-ring (bicyclic) bond motifs is 2. The third-order valence-electron chi connectivity index (χ3n) is 4.83. The normalized spacial score (nSPS) is 13.4. The highest BCUT2D eigenvalue weighted by Gasteiger charge is 2.21. The number of para-hydroxylation sites is 1. The Labute approximate surface area is 150 Å². The number of rotatable bonds is 4. The first-order chi connectivity index (χ1) is 12.3. The molecule has 2 aromatic heterocycles. The summed E-state index contributed by atoms with van der Waals surface area (Å²) in [4.78, 5) is 16.9. The summed E-state index contributed by atoms with van der Waals surface area (Å²) in [6.07, 6.45) is 7.36. The topological polar surface area (TPSA) is 68.7 Å². The number of amides is 1. The molecule has 5 heteroatoms. The largest absolute Gasteiger partial charge is 0.361 e. The number of carbonyl (C=O) groups is 1. The molecule has 4 nitrogen and oxygen atoms in total. The number of anilines is 1. The van der Waals surface area contributed by atoms with E-state index in [0.29, 0.717) is 18.4 Å². The van der Waals surface area contributed by atoms with Crippen LogP contribution in [0.3, 0.4) is 0 Å². The molecule has 0 aliphatic heterocycles. The number of thiophene rings is 1. The molecule has 126 valence electrons. The first-order valence-electron chi connectivity index (χ1n) is 8.65. The number of benzene rings is 1. The number of hydrogen-bond donors (Lipinski definition) is 2. The van der Waals surface area contributed by atoms with Crippen LogP contribution >= 0.6 is 11.3 Å². The molecule has 2 N–H and O–H groups in total. The van der Waals surface area contributed by atoms with Gasteiger partial charge in [-0.3, -0.25) is 4.79 Å². The van der Waals surface area contributed by atoms with Gasteiger partial charge in [-0.2, -0.15) is 5.26 Å². The van der Waals surface area contributed by atoms with Gasteiger partial charge < -0.3 is 10.3 Å². The number of H-pyrrole nitrogens is 1. The van der Waals surface area contributed by atoms with Gasteiger partial charge in [0, 0.05) is 28.4 Å². The minimum atomic E-state index is -0.0274. The summed E-state index contributed by atoms with van der Waals surface area (Å²) in [5, 5.41) is 14.4. The standard InChI is InChI=1S/C20H19N3OS/c21-11-16-15-6-2-4-8-18(15)25-20(16)23-19(24)10-9-13-12-22-17-7-3-1-5-14(13)17/h1,3,5,7,12,22H,2,4,6,8-10H2,(H,23,24). The van der Waals surface area contributed by atoms with Crippen molar-refractivity contribution in [3.63, 3.8) is 0 Å². The molecule has 4 rings (SSSR count). The number of carbonyl (C=O) groups excluding carboxylic acids is 1. The van der Waals surface area contributed by atoms with E-state index in [-0.39, 0.29) is 5.91 Å². The van der Waals surface area contributed by atoms with Crippen molar-refractivity contribution in [2.24, 2.45) is 0 Å². The molecule has 0 atom stereocenters. The Balaban J connectivity index is 1.46. The number of nitrogens with one attached hydrogen (secondary N) is 2. The fourth-order valence-corrected chi connectivity index (χ4v) is 4.80. The average Bonchev–Trinajstić information content (AvgIpc) is 3.20. The maximum atomic E-state index is 12.4. The Morgan fingerprint density at radius 1 is 1.28 bits per heavy atom. The van der Waals surface area contributed by atoms with Crippen LogP contribution in [0.5, 0.6) is 0 Å². The zero-order valence-electron chi connectivity index (χ0n) is 13.9. The van der Waals surface area contributed by atoms with Crippen LogP contribution in [0.2, 0.25) is 0 Å². The van der Waals surface area contributed by atoms with Crippen LogP contribution in [-0.4, -0.2) is 10.9 Å². The molecule has 0 radical (unpaired) electrons. The Morgan fingerprint density at radius 2 is 2.12 bits per heavy atom. The molecule has 0 unspecified atom stereocenters. The molecule has 1 aromatic carbocycles. The molecule has 0 saturated carbocycles. The van der Waals surface area contributed by atoms with Gasteiger partial charge in [0.2, 0.25) is 5.91 Å². The van der Waals surface area contributed by atoms with Crippen LogP contribution in [0, 0.1) is 11.3 Å². The van der Waals surface area contributed by atoms with Crippen molar-refractivity contribution in [2.75, 3.05) is 5.32 Å². The maximum absolute atomic E-state index is 12.4. The van der Waals surface area contributed by atoms with Gasteiger partial charge in [-0.25, -0.2) is 0 Å². The first-order valence-corrected chi connectivity index (χ1v) is 9.47. The molecule has 2 heterocycles. The van der Waals surface area contributed by atoms with E-state index in [1.807, 2.05) is 24.4 Å². The Hall–Kier alpha value is -2.58. The predicted octanol–water partition coefficient (Wildman–Crippen LogP) is 4.55. The van der Waals surface area contributed by atoms with Crippen molar-refractivity contribution in [3.8, 4) is 6.07 Å². The van der Waals surface area contributed by atoms with Gasteiger partial charge in [0.1, 0.15) is 11.1 Å². The van der Waals surface area contributed by atoms with Crippen LogP contribution in [0.4, 0.5) is 5.00 Å². The van der Waals surface area contributed by atoms with E-state index < -0.39 is 0 Å². The van der Waals surface area contributed by atoms with Crippen molar-refractivity contribution in [1.29, 1.82) is 5.26 Å². The van der Waals surface area contributed by atoms with E-state index in [1.54, 1.807) is 11.3 Å². The molecule has 3 aromatic rings. The maximum Gasteiger partial charge on any atom is 0.225 e. The van der Waals surface area contributed by atoms with Crippen molar-refractivity contribution in [1.82, 2.24) is 4.98 Å². The van der Waals surface area contributed by atoms with E-state index in [9.17, 15) is 10.1 Å². The van der Waals surface area contributed by atoms with Gasteiger partial charge in [-0.1, -0.05) is 18.2 Å². The molecule has 0 fully saturated rings. The second kappa shape index (κ2) is 6.73. The molecule has 1 aliphatic carbocycles. The quantitative estimate of drug-likeness (QED) is 0.725. The van der Waals surface area contributed by atoms with Gasteiger partial charge in [0.05, 0.1) is 5.56 Å². The van der Waals surface area contributed by atoms with Crippen molar-refractivity contribution < 1.29 is 4.79 Å². The lowest BCUT2D eigenvalue weighted by Crippen LogP contribution is -2.12. The highest BCUT2D eigenvalue weighted by atomic mass is 32.1. The van der Waals surface area contributed by atoms with E-state index in [4.69, 9.17) is 0 Å². The minimum Gasteiger partial charge on any atom is -0.361 e. The lowest BCUT2D eigenvalue weighted by Gasteiger charge is -2.09. The molecule has 25 heavy (non-hydrogen) atoms. The molecular weight excluding hydrogens is 330 g/mol. The van der Waals surface area contributed by atoms with Crippen molar-refractivity contribution >= 4 is 33.1 Å². The van der Waals surface area contributed by atoms with Crippen molar-refractivity contribution in [3.05, 3.63) is 52.0 Å². The second-order valence-electron chi connectivity index (χ2n) is 6.43. The zero-order valence-corrected chi connectivity index (χ0v) is 14.7. The van der Waals surface area contributed by atoms with Gasteiger partial charge >= 0.3 is 0 Å². The monoisotopic (exact) mass is 349 g/mol.